The van der Waals surface area contributed by atoms with E-state index in [0.29, 0.717) is 16.1 Å². The van der Waals surface area contributed by atoms with E-state index in [4.69, 9.17) is 17.1 Å². The Morgan fingerprint density at radius 2 is 1.79 bits per heavy atom. The summed E-state index contributed by atoms with van der Waals surface area (Å²) in [7, 11) is 0. The van der Waals surface area contributed by atoms with Gasteiger partial charge in [0.1, 0.15) is 0 Å². The van der Waals surface area contributed by atoms with E-state index in [1.54, 1.807) is 24.3 Å². The predicted octanol–water partition coefficient (Wildman–Crippen LogP) is 4.82. The third kappa shape index (κ3) is 2.94. The zero-order valence-electron chi connectivity index (χ0n) is 10.2. The van der Waals surface area contributed by atoms with Crippen LogP contribution in [0.25, 0.3) is 10.4 Å². The maximum atomic E-state index is 12.2. The Labute approximate surface area is 115 Å². The molecule has 0 aliphatic heterocycles. The van der Waals surface area contributed by atoms with Gasteiger partial charge in [-0.3, -0.25) is 4.79 Å². The quantitative estimate of drug-likeness (QED) is 0.341. The van der Waals surface area contributed by atoms with Crippen molar-refractivity contribution in [1.82, 2.24) is 0 Å². The van der Waals surface area contributed by atoms with E-state index in [1.165, 1.54) is 6.07 Å². The molecule has 5 heteroatoms. The van der Waals surface area contributed by atoms with Gasteiger partial charge in [0.25, 0.3) is 0 Å². The van der Waals surface area contributed by atoms with E-state index in [-0.39, 0.29) is 11.5 Å². The standard InChI is InChI=1S/C14H10ClN3O/c1-9-2-4-10(5-3-9)14(19)11-6-7-12(15)13(8-11)17-18-16/h2-8H,1H3. The Morgan fingerprint density at radius 1 is 1.16 bits per heavy atom. The molecule has 0 amide bonds. The van der Waals surface area contributed by atoms with Crippen LogP contribution in [0.1, 0.15) is 21.5 Å². The molecule has 0 fully saturated rings. The topological polar surface area (TPSA) is 65.8 Å². The number of hydrogen-bond acceptors (Lipinski definition) is 2. The summed E-state index contributed by atoms with van der Waals surface area (Å²) in [5.41, 5.74) is 10.8. The fourth-order valence-electron chi connectivity index (χ4n) is 1.65. The van der Waals surface area contributed by atoms with Crippen molar-refractivity contribution < 1.29 is 4.79 Å². The number of benzene rings is 2. The third-order valence-corrected chi connectivity index (χ3v) is 2.99. The van der Waals surface area contributed by atoms with Crippen LogP contribution in [0, 0.1) is 6.92 Å². The summed E-state index contributed by atoms with van der Waals surface area (Å²) in [5.74, 6) is -0.133. The van der Waals surface area contributed by atoms with Gasteiger partial charge in [0.05, 0.1) is 10.7 Å². The molecule has 94 valence electrons. The molecule has 2 aromatic rings. The lowest BCUT2D eigenvalue weighted by Crippen LogP contribution is -2.00. The zero-order valence-corrected chi connectivity index (χ0v) is 10.9. The molecule has 0 unspecified atom stereocenters. The van der Waals surface area contributed by atoms with Crippen molar-refractivity contribution in [3.63, 3.8) is 0 Å². The lowest BCUT2D eigenvalue weighted by atomic mass is 10.0. The third-order valence-electron chi connectivity index (χ3n) is 2.67. The summed E-state index contributed by atoms with van der Waals surface area (Å²) < 4.78 is 0. The summed E-state index contributed by atoms with van der Waals surface area (Å²) in [5, 5.41) is 3.77. The molecule has 0 heterocycles. The van der Waals surface area contributed by atoms with Crippen LogP contribution in [0.2, 0.25) is 5.02 Å². The first-order valence-electron chi connectivity index (χ1n) is 5.58. The van der Waals surface area contributed by atoms with Crippen LogP contribution in [0.5, 0.6) is 0 Å². The normalized spacial score (nSPS) is 9.79. The van der Waals surface area contributed by atoms with Crippen LogP contribution >= 0.6 is 11.6 Å². The highest BCUT2D eigenvalue weighted by Gasteiger charge is 2.10. The van der Waals surface area contributed by atoms with Crippen molar-refractivity contribution in [1.29, 1.82) is 0 Å². The molecule has 0 aromatic heterocycles. The highest BCUT2D eigenvalue weighted by atomic mass is 35.5. The van der Waals surface area contributed by atoms with E-state index in [9.17, 15) is 4.79 Å². The average molecular weight is 272 g/mol. The van der Waals surface area contributed by atoms with Crippen molar-refractivity contribution >= 4 is 23.1 Å². The second-order valence-electron chi connectivity index (χ2n) is 4.05. The van der Waals surface area contributed by atoms with Gasteiger partial charge < -0.3 is 0 Å². The van der Waals surface area contributed by atoms with Crippen LogP contribution in [-0.2, 0) is 0 Å². The largest absolute Gasteiger partial charge is 0.289 e. The summed E-state index contributed by atoms with van der Waals surface area (Å²) in [6, 6.07) is 11.9. The molecule has 0 atom stereocenters. The number of aryl methyl sites for hydroxylation is 1. The first-order valence-corrected chi connectivity index (χ1v) is 5.95. The highest BCUT2D eigenvalue weighted by molar-refractivity contribution is 6.33. The number of carbonyl (C=O) groups is 1. The molecule has 0 N–H and O–H groups in total. The van der Waals surface area contributed by atoms with E-state index < -0.39 is 0 Å². The molecule has 2 aromatic carbocycles. The van der Waals surface area contributed by atoms with Crippen molar-refractivity contribution in [2.45, 2.75) is 6.92 Å². The van der Waals surface area contributed by atoms with Crippen molar-refractivity contribution in [2.24, 2.45) is 5.11 Å². The van der Waals surface area contributed by atoms with Crippen molar-refractivity contribution in [3.05, 3.63) is 74.6 Å². The lowest BCUT2D eigenvalue weighted by molar-refractivity contribution is 0.103. The second kappa shape index (κ2) is 5.57. The fourth-order valence-corrected chi connectivity index (χ4v) is 1.81. The Bertz CT molecular complexity index is 674. The average Bonchev–Trinajstić information content (AvgIpc) is 2.41. The van der Waals surface area contributed by atoms with Crippen LogP contribution < -0.4 is 0 Å². The number of nitrogens with zero attached hydrogens (tertiary/aromatic N) is 3. The summed E-state index contributed by atoms with van der Waals surface area (Å²) >= 11 is 5.87. The number of carbonyl (C=O) groups excluding carboxylic acids is 1. The number of hydrogen-bond donors (Lipinski definition) is 0. The highest BCUT2D eigenvalue weighted by Crippen LogP contribution is 2.27. The molecule has 0 saturated heterocycles. The van der Waals surface area contributed by atoms with Gasteiger partial charge in [0, 0.05) is 16.0 Å². The molecule has 0 saturated carbocycles. The number of azide groups is 1. The minimum Gasteiger partial charge on any atom is -0.289 e. The molecule has 19 heavy (non-hydrogen) atoms. The van der Waals surface area contributed by atoms with Gasteiger partial charge in [0.2, 0.25) is 0 Å². The fraction of sp³-hybridized carbons (Fsp3) is 0.0714. The summed E-state index contributed by atoms with van der Waals surface area (Å²) in [6.07, 6.45) is 0. The van der Waals surface area contributed by atoms with Crippen LogP contribution in [0.15, 0.2) is 47.6 Å². The molecular formula is C14H10ClN3O. The smallest absolute Gasteiger partial charge is 0.193 e. The maximum absolute atomic E-state index is 12.2. The van der Waals surface area contributed by atoms with E-state index in [2.05, 4.69) is 10.0 Å². The van der Waals surface area contributed by atoms with Crippen LogP contribution in [0.3, 0.4) is 0 Å². The second-order valence-corrected chi connectivity index (χ2v) is 4.46. The Kier molecular flexibility index (Phi) is 3.85. The van der Waals surface area contributed by atoms with Gasteiger partial charge >= 0.3 is 0 Å². The number of rotatable bonds is 3. The van der Waals surface area contributed by atoms with Gasteiger partial charge in [0.15, 0.2) is 5.78 Å². The Morgan fingerprint density at radius 3 is 2.42 bits per heavy atom. The Balaban J connectivity index is 2.41. The lowest BCUT2D eigenvalue weighted by Gasteiger charge is -2.04. The van der Waals surface area contributed by atoms with E-state index in [1.807, 2.05) is 19.1 Å². The maximum Gasteiger partial charge on any atom is 0.193 e. The number of ketones is 1. The van der Waals surface area contributed by atoms with Crippen LogP contribution in [-0.4, -0.2) is 5.78 Å². The monoisotopic (exact) mass is 271 g/mol. The van der Waals surface area contributed by atoms with Gasteiger partial charge in [-0.1, -0.05) is 46.5 Å². The van der Waals surface area contributed by atoms with Gasteiger partial charge in [-0.05, 0) is 30.7 Å². The molecule has 0 aliphatic rings. The van der Waals surface area contributed by atoms with Crippen molar-refractivity contribution in [2.75, 3.05) is 0 Å². The molecule has 0 bridgehead atoms. The molecule has 0 spiro atoms. The molecule has 0 radical (unpaired) electrons. The first kappa shape index (κ1) is 13.1. The molecule has 2 rings (SSSR count). The van der Waals surface area contributed by atoms with Gasteiger partial charge in [-0.2, -0.15) is 0 Å². The van der Waals surface area contributed by atoms with Crippen molar-refractivity contribution in [3.8, 4) is 0 Å². The first-order chi connectivity index (χ1) is 9.11. The molecular weight excluding hydrogens is 262 g/mol. The summed E-state index contributed by atoms with van der Waals surface area (Å²) in [6.45, 7) is 1.95. The van der Waals surface area contributed by atoms with Crippen LogP contribution in [0.4, 0.5) is 5.69 Å². The van der Waals surface area contributed by atoms with E-state index in [0.717, 1.165) is 5.56 Å². The van der Waals surface area contributed by atoms with Gasteiger partial charge in [-0.15, -0.1) is 0 Å². The SMILES string of the molecule is Cc1ccc(C(=O)c2ccc(Cl)c(N=[N+]=[N-])c2)cc1. The molecule has 0 aliphatic carbocycles. The van der Waals surface area contributed by atoms with Gasteiger partial charge in [-0.25, -0.2) is 0 Å². The van der Waals surface area contributed by atoms with E-state index >= 15 is 0 Å². The Hall–Kier alpha value is -2.29. The predicted molar refractivity (Wildman–Crippen MR) is 74.9 cm³/mol. The number of halogens is 1. The minimum absolute atomic E-state index is 0.133. The molecule has 4 nitrogen and oxygen atoms in total. The zero-order chi connectivity index (χ0) is 13.8. The minimum atomic E-state index is -0.133. The summed E-state index contributed by atoms with van der Waals surface area (Å²) in [4.78, 5) is 14.9.